The molecule has 0 aliphatic heterocycles. The predicted molar refractivity (Wildman–Crippen MR) is 37.5 cm³/mol. The van der Waals surface area contributed by atoms with Crippen LogP contribution in [0.15, 0.2) is 0 Å². The van der Waals surface area contributed by atoms with Crippen LogP contribution in [0.2, 0.25) is 0 Å². The SMILES string of the molecule is ClCCCCO[Si]Cl. The molecule has 0 saturated carbocycles. The fourth-order valence-corrected chi connectivity index (χ4v) is 0.949. The van der Waals surface area contributed by atoms with Crippen LogP contribution in [-0.4, -0.2) is 21.6 Å². The normalized spacial score (nSPS) is 9.75. The third kappa shape index (κ3) is 6.76. The van der Waals surface area contributed by atoms with E-state index in [0.29, 0.717) is 0 Å². The Morgan fingerprint density at radius 2 is 2.12 bits per heavy atom. The quantitative estimate of drug-likeness (QED) is 0.265. The van der Waals surface area contributed by atoms with Crippen LogP contribution in [0, 0.1) is 0 Å². The van der Waals surface area contributed by atoms with Crippen molar-refractivity contribution in [2.45, 2.75) is 12.8 Å². The van der Waals surface area contributed by atoms with Crippen LogP contribution in [0.5, 0.6) is 0 Å². The van der Waals surface area contributed by atoms with E-state index in [2.05, 4.69) is 0 Å². The van der Waals surface area contributed by atoms with Crippen LogP contribution in [0.25, 0.3) is 0 Å². The molecule has 0 saturated heterocycles. The Balaban J connectivity index is 2.53. The zero-order valence-corrected chi connectivity index (χ0v) is 7.00. The van der Waals surface area contributed by atoms with Crippen molar-refractivity contribution in [3.63, 3.8) is 0 Å². The zero-order chi connectivity index (χ0) is 6.24. The van der Waals surface area contributed by atoms with E-state index in [1.165, 1.54) is 0 Å². The second-order valence-corrected chi connectivity index (χ2v) is 2.61. The van der Waals surface area contributed by atoms with Crippen LogP contribution in [-0.2, 0) is 4.43 Å². The molecule has 0 atom stereocenters. The lowest BCUT2D eigenvalue weighted by Crippen LogP contribution is -1.94. The summed E-state index contributed by atoms with van der Waals surface area (Å²) in [7, 11) is 0.0982. The number of halogens is 2. The van der Waals surface area contributed by atoms with Crippen molar-refractivity contribution < 1.29 is 4.43 Å². The Labute approximate surface area is 62.0 Å². The van der Waals surface area contributed by atoms with Crippen LogP contribution >= 0.6 is 22.7 Å². The average Bonchev–Trinajstić information content (AvgIpc) is 1.81. The molecule has 0 aromatic carbocycles. The first-order chi connectivity index (χ1) is 3.91. The van der Waals surface area contributed by atoms with Crippen LogP contribution < -0.4 is 0 Å². The predicted octanol–water partition coefficient (Wildman–Crippen LogP) is 1.79. The fourth-order valence-electron chi connectivity index (χ4n) is 0.307. The van der Waals surface area contributed by atoms with Crippen molar-refractivity contribution in [1.82, 2.24) is 0 Å². The summed E-state index contributed by atoms with van der Waals surface area (Å²) < 4.78 is 4.87. The third-order valence-corrected chi connectivity index (χ3v) is 1.59. The Kier molecular flexibility index (Phi) is 8.49. The summed E-state index contributed by atoms with van der Waals surface area (Å²) in [5, 5.41) is 0. The topological polar surface area (TPSA) is 9.23 Å². The van der Waals surface area contributed by atoms with Gasteiger partial charge in [-0.3, -0.25) is 0 Å². The molecule has 8 heavy (non-hydrogen) atoms. The summed E-state index contributed by atoms with van der Waals surface area (Å²) >= 11 is 10.6. The van der Waals surface area contributed by atoms with E-state index < -0.39 is 0 Å². The molecule has 0 aliphatic carbocycles. The van der Waals surface area contributed by atoms with Gasteiger partial charge in [-0.1, -0.05) is 0 Å². The minimum absolute atomic E-state index is 0.0982. The van der Waals surface area contributed by atoms with Gasteiger partial charge >= 0.3 is 9.07 Å². The fraction of sp³-hybridized carbons (Fsp3) is 1.00. The number of hydrogen-bond acceptors (Lipinski definition) is 1. The Morgan fingerprint density at radius 1 is 1.38 bits per heavy atom. The molecule has 0 aromatic rings. The van der Waals surface area contributed by atoms with Crippen molar-refractivity contribution in [2.75, 3.05) is 12.5 Å². The highest BCUT2D eigenvalue weighted by molar-refractivity contribution is 6.89. The maximum absolute atomic E-state index is 5.39. The third-order valence-electron chi connectivity index (χ3n) is 0.685. The second-order valence-electron chi connectivity index (χ2n) is 1.32. The molecule has 0 spiro atoms. The first kappa shape index (κ1) is 8.76. The molecule has 0 aliphatic rings. The van der Waals surface area contributed by atoms with Gasteiger partial charge in [0.15, 0.2) is 0 Å². The lowest BCUT2D eigenvalue weighted by molar-refractivity contribution is 0.335. The molecular weight excluding hydrogens is 163 g/mol. The summed E-state index contributed by atoms with van der Waals surface area (Å²) in [5.41, 5.74) is 0. The first-order valence-corrected chi connectivity index (χ1v) is 4.90. The van der Waals surface area contributed by atoms with Gasteiger partial charge in [0.2, 0.25) is 0 Å². The first-order valence-electron chi connectivity index (χ1n) is 2.45. The summed E-state index contributed by atoms with van der Waals surface area (Å²) in [6, 6.07) is 0. The van der Waals surface area contributed by atoms with Gasteiger partial charge in [-0.2, -0.15) is 0 Å². The van der Waals surface area contributed by atoms with Crippen molar-refractivity contribution >= 4 is 31.8 Å². The van der Waals surface area contributed by atoms with E-state index in [4.69, 9.17) is 27.1 Å². The lowest BCUT2D eigenvalue weighted by Gasteiger charge is -1.94. The van der Waals surface area contributed by atoms with Crippen molar-refractivity contribution in [3.05, 3.63) is 0 Å². The average molecular weight is 171 g/mol. The maximum Gasteiger partial charge on any atom is 0.356 e. The summed E-state index contributed by atoms with van der Waals surface area (Å²) in [5.74, 6) is 0.717. The van der Waals surface area contributed by atoms with Gasteiger partial charge in [0.1, 0.15) is 0 Å². The zero-order valence-electron chi connectivity index (χ0n) is 4.49. The van der Waals surface area contributed by atoms with E-state index in [1.54, 1.807) is 0 Å². The minimum atomic E-state index is 0.0982. The van der Waals surface area contributed by atoms with Crippen molar-refractivity contribution in [2.24, 2.45) is 0 Å². The summed E-state index contributed by atoms with van der Waals surface area (Å²) in [4.78, 5) is 0. The van der Waals surface area contributed by atoms with E-state index >= 15 is 0 Å². The summed E-state index contributed by atoms with van der Waals surface area (Å²) in [6.45, 7) is 0.745. The van der Waals surface area contributed by atoms with Gasteiger partial charge in [0.05, 0.1) is 0 Å². The molecule has 0 heterocycles. The van der Waals surface area contributed by atoms with Gasteiger partial charge in [-0.25, -0.2) is 0 Å². The van der Waals surface area contributed by atoms with Gasteiger partial charge < -0.3 is 4.43 Å². The van der Waals surface area contributed by atoms with Gasteiger partial charge in [0, 0.05) is 12.5 Å². The molecule has 0 aromatic heterocycles. The van der Waals surface area contributed by atoms with Gasteiger partial charge in [0.25, 0.3) is 0 Å². The number of hydrogen-bond donors (Lipinski definition) is 0. The molecule has 0 bridgehead atoms. The van der Waals surface area contributed by atoms with Crippen molar-refractivity contribution in [1.29, 1.82) is 0 Å². The van der Waals surface area contributed by atoms with Crippen LogP contribution in [0.3, 0.4) is 0 Å². The Bertz CT molecular complexity index is 39.0. The smallest absolute Gasteiger partial charge is 0.356 e. The second kappa shape index (κ2) is 7.76. The highest BCUT2D eigenvalue weighted by Gasteiger charge is 1.85. The molecule has 1 nitrogen and oxygen atoms in total. The highest BCUT2D eigenvalue weighted by atomic mass is 35.6. The van der Waals surface area contributed by atoms with Crippen LogP contribution in [0.4, 0.5) is 0 Å². The molecule has 0 rings (SSSR count). The molecule has 2 radical (unpaired) electrons. The molecule has 4 heteroatoms. The van der Waals surface area contributed by atoms with Crippen LogP contribution in [0.1, 0.15) is 12.8 Å². The molecule has 0 unspecified atom stereocenters. The van der Waals surface area contributed by atoms with E-state index in [-0.39, 0.29) is 9.07 Å². The molecule has 0 fully saturated rings. The number of alkyl halides is 1. The van der Waals surface area contributed by atoms with Gasteiger partial charge in [-0.15, -0.1) is 22.7 Å². The largest absolute Gasteiger partial charge is 0.403 e. The van der Waals surface area contributed by atoms with Crippen molar-refractivity contribution in [3.8, 4) is 0 Å². The molecule has 0 N–H and O–H groups in total. The van der Waals surface area contributed by atoms with E-state index in [9.17, 15) is 0 Å². The molecular formula is C4H8Cl2OSi. The highest BCUT2D eigenvalue weighted by Crippen LogP contribution is 1.91. The standard InChI is InChI=1S/C4H8Cl2OSi/c5-3-1-2-4-7-8-6/h1-4H2. The number of unbranched alkanes of at least 4 members (excludes halogenated alkanes) is 1. The van der Waals surface area contributed by atoms with E-state index in [1.807, 2.05) is 0 Å². The Hall–Kier alpha value is 0.757. The Morgan fingerprint density at radius 3 is 2.62 bits per heavy atom. The monoisotopic (exact) mass is 170 g/mol. The lowest BCUT2D eigenvalue weighted by atomic mass is 10.4. The molecule has 0 amide bonds. The maximum atomic E-state index is 5.39. The minimum Gasteiger partial charge on any atom is -0.403 e. The van der Waals surface area contributed by atoms with E-state index in [0.717, 1.165) is 25.3 Å². The summed E-state index contributed by atoms with van der Waals surface area (Å²) in [6.07, 6.45) is 2.03. The molecule has 48 valence electrons. The number of rotatable bonds is 5. The van der Waals surface area contributed by atoms with Gasteiger partial charge in [-0.05, 0) is 12.8 Å².